The molecule has 0 bridgehead atoms. The van der Waals surface area contributed by atoms with E-state index < -0.39 is 0 Å². The first kappa shape index (κ1) is 13.9. The van der Waals surface area contributed by atoms with Crippen LogP contribution >= 0.6 is 0 Å². The van der Waals surface area contributed by atoms with Crippen LogP contribution in [0.15, 0.2) is 0 Å². The Bertz CT molecular complexity index is 147. The summed E-state index contributed by atoms with van der Waals surface area (Å²) in [5, 5.41) is 4.14. The van der Waals surface area contributed by atoms with E-state index >= 15 is 0 Å². The van der Waals surface area contributed by atoms with Gasteiger partial charge >= 0.3 is 0 Å². The molecule has 0 radical (unpaired) electrons. The topological polar surface area (TPSA) is 7.68 Å². The molecule has 0 fully saturated rings. The second kappa shape index (κ2) is 5.72. The molecule has 0 amide bonds. The van der Waals surface area contributed by atoms with Crippen molar-refractivity contribution >= 4 is 0 Å². The van der Waals surface area contributed by atoms with Gasteiger partial charge in [0.1, 0.15) is 5.54 Å². The molecule has 2 heteroatoms. The van der Waals surface area contributed by atoms with Crippen molar-refractivity contribution in [1.82, 2.24) is 5.01 Å². The monoisotopic (exact) mass is 201 g/mol. The van der Waals surface area contributed by atoms with Gasteiger partial charge in [-0.15, -0.1) is 0 Å². The van der Waals surface area contributed by atoms with Gasteiger partial charge in [0.05, 0.1) is 6.54 Å². The average Bonchev–Trinajstić information content (AvgIpc) is 2.00. The van der Waals surface area contributed by atoms with Crippen molar-refractivity contribution in [2.75, 3.05) is 19.6 Å². The Hall–Kier alpha value is -0.0800. The fourth-order valence-corrected chi connectivity index (χ4v) is 2.10. The molecule has 0 aromatic heterocycles. The molecule has 0 saturated heterocycles. The minimum Gasteiger partial charge on any atom is -0.251 e. The predicted molar refractivity (Wildman–Crippen MR) is 63.3 cm³/mol. The van der Waals surface area contributed by atoms with Crippen molar-refractivity contribution in [3.63, 3.8) is 0 Å². The standard InChI is InChI=1S/C12H28N2/c1-8-13(10-11(3)4)14(9-2)12(5,6)7/h11H,8-10H2,1-7H3/p+1. The lowest BCUT2D eigenvalue weighted by molar-refractivity contribution is -1.05. The van der Waals surface area contributed by atoms with Crippen molar-refractivity contribution in [3.8, 4) is 0 Å². The first-order valence-corrected chi connectivity index (χ1v) is 5.94. The van der Waals surface area contributed by atoms with Gasteiger partial charge in [0.15, 0.2) is 0 Å². The zero-order chi connectivity index (χ0) is 11.4. The van der Waals surface area contributed by atoms with Gasteiger partial charge in [0.25, 0.3) is 0 Å². The fourth-order valence-electron chi connectivity index (χ4n) is 2.10. The Kier molecular flexibility index (Phi) is 5.68. The second-order valence-electron chi connectivity index (χ2n) is 5.48. The van der Waals surface area contributed by atoms with Gasteiger partial charge in [-0.2, -0.15) is 5.01 Å². The third-order valence-corrected chi connectivity index (χ3v) is 2.55. The lowest BCUT2D eigenvalue weighted by Gasteiger charge is -2.39. The Morgan fingerprint density at radius 1 is 1.14 bits per heavy atom. The molecule has 1 atom stereocenters. The Balaban J connectivity index is 4.45. The van der Waals surface area contributed by atoms with Crippen LogP contribution in [0, 0.1) is 5.92 Å². The van der Waals surface area contributed by atoms with Gasteiger partial charge in [-0.25, -0.2) is 0 Å². The van der Waals surface area contributed by atoms with Gasteiger partial charge in [0, 0.05) is 13.1 Å². The van der Waals surface area contributed by atoms with Gasteiger partial charge < -0.3 is 0 Å². The summed E-state index contributed by atoms with van der Waals surface area (Å²) >= 11 is 0. The van der Waals surface area contributed by atoms with E-state index in [1.807, 2.05) is 0 Å². The Morgan fingerprint density at radius 2 is 1.64 bits per heavy atom. The van der Waals surface area contributed by atoms with Crippen LogP contribution in [-0.4, -0.2) is 30.2 Å². The minimum absolute atomic E-state index is 0.319. The average molecular weight is 201 g/mol. The smallest absolute Gasteiger partial charge is 0.107 e. The molecule has 1 unspecified atom stereocenters. The number of nitrogens with zero attached hydrogens (tertiary/aromatic N) is 1. The lowest BCUT2D eigenvalue weighted by atomic mass is 10.1. The largest absolute Gasteiger partial charge is 0.251 e. The van der Waals surface area contributed by atoms with Gasteiger partial charge in [-0.05, 0) is 40.5 Å². The summed E-state index contributed by atoms with van der Waals surface area (Å²) in [6.45, 7) is 19.5. The third kappa shape index (κ3) is 4.43. The molecular formula is C12H29N2+. The molecular weight excluding hydrogens is 172 g/mol. The molecule has 86 valence electrons. The molecule has 0 aliphatic heterocycles. The van der Waals surface area contributed by atoms with E-state index in [0.717, 1.165) is 12.5 Å². The quantitative estimate of drug-likeness (QED) is 0.664. The summed E-state index contributed by atoms with van der Waals surface area (Å²) in [4.78, 5) is 0. The first-order valence-electron chi connectivity index (χ1n) is 5.94. The van der Waals surface area contributed by atoms with Crippen molar-refractivity contribution in [3.05, 3.63) is 0 Å². The zero-order valence-electron chi connectivity index (χ0n) is 11.1. The SMILES string of the molecule is CCN(CC(C)C)[NH+](CC)C(C)(C)C. The maximum absolute atomic E-state index is 2.55. The molecule has 0 aromatic rings. The van der Waals surface area contributed by atoms with E-state index in [2.05, 4.69) is 53.5 Å². The summed E-state index contributed by atoms with van der Waals surface area (Å²) in [6, 6.07) is 0. The second-order valence-corrected chi connectivity index (χ2v) is 5.48. The maximum atomic E-state index is 2.55. The van der Waals surface area contributed by atoms with Crippen LogP contribution < -0.4 is 5.01 Å². The minimum atomic E-state index is 0.319. The molecule has 14 heavy (non-hydrogen) atoms. The number of hydrogen-bond acceptors (Lipinski definition) is 1. The van der Waals surface area contributed by atoms with Gasteiger partial charge in [0.2, 0.25) is 0 Å². The van der Waals surface area contributed by atoms with Crippen LogP contribution in [0.4, 0.5) is 0 Å². The highest BCUT2D eigenvalue weighted by Gasteiger charge is 2.29. The van der Waals surface area contributed by atoms with E-state index in [-0.39, 0.29) is 0 Å². The van der Waals surface area contributed by atoms with Crippen LogP contribution in [0.3, 0.4) is 0 Å². The Labute approximate surface area is 90.2 Å². The van der Waals surface area contributed by atoms with E-state index in [4.69, 9.17) is 0 Å². The maximum Gasteiger partial charge on any atom is 0.107 e. The van der Waals surface area contributed by atoms with E-state index in [1.165, 1.54) is 13.1 Å². The Morgan fingerprint density at radius 3 is 1.86 bits per heavy atom. The fraction of sp³-hybridized carbons (Fsp3) is 1.00. The van der Waals surface area contributed by atoms with Crippen LogP contribution in [0.25, 0.3) is 0 Å². The number of nitrogens with one attached hydrogen (secondary N) is 1. The number of rotatable bonds is 5. The summed E-state index contributed by atoms with van der Waals surface area (Å²) in [7, 11) is 0. The van der Waals surface area contributed by atoms with E-state index in [9.17, 15) is 0 Å². The van der Waals surface area contributed by atoms with Gasteiger partial charge in [-0.1, -0.05) is 13.8 Å². The third-order valence-electron chi connectivity index (χ3n) is 2.55. The van der Waals surface area contributed by atoms with E-state index in [1.54, 1.807) is 5.01 Å². The predicted octanol–water partition coefficient (Wildman–Crippen LogP) is 1.58. The number of hydrogen-bond donors (Lipinski definition) is 1. The highest BCUT2D eigenvalue weighted by molar-refractivity contribution is 4.57. The van der Waals surface area contributed by atoms with Gasteiger partial charge in [-0.3, -0.25) is 5.01 Å². The molecule has 0 aromatic carbocycles. The normalized spacial score (nSPS) is 15.2. The zero-order valence-corrected chi connectivity index (χ0v) is 11.1. The summed E-state index contributed by atoms with van der Waals surface area (Å²) in [6.07, 6.45) is 0. The molecule has 2 nitrogen and oxygen atoms in total. The molecule has 0 rings (SSSR count). The number of quaternary nitrogens is 1. The molecule has 0 saturated carbocycles. The van der Waals surface area contributed by atoms with Crippen molar-refractivity contribution in [2.24, 2.45) is 5.92 Å². The molecule has 0 aliphatic carbocycles. The van der Waals surface area contributed by atoms with Crippen LogP contribution in [0.1, 0.15) is 48.5 Å². The summed E-state index contributed by atoms with van der Waals surface area (Å²) in [5.74, 6) is 0.749. The summed E-state index contributed by atoms with van der Waals surface area (Å²) < 4.78 is 0. The highest BCUT2D eigenvalue weighted by atomic mass is 15.6. The van der Waals surface area contributed by atoms with Crippen LogP contribution in [-0.2, 0) is 0 Å². The van der Waals surface area contributed by atoms with Crippen molar-refractivity contribution in [2.45, 2.75) is 54.0 Å². The van der Waals surface area contributed by atoms with Crippen LogP contribution in [0.5, 0.6) is 0 Å². The summed E-state index contributed by atoms with van der Waals surface area (Å²) in [5.41, 5.74) is 0.319. The molecule has 0 aliphatic rings. The van der Waals surface area contributed by atoms with Crippen LogP contribution in [0.2, 0.25) is 0 Å². The highest BCUT2D eigenvalue weighted by Crippen LogP contribution is 1.98. The first-order chi connectivity index (χ1) is 6.32. The van der Waals surface area contributed by atoms with Crippen molar-refractivity contribution < 1.29 is 5.01 Å². The molecule has 0 heterocycles. The molecule has 0 spiro atoms. The molecule has 1 N–H and O–H groups in total. The van der Waals surface area contributed by atoms with Crippen molar-refractivity contribution in [1.29, 1.82) is 0 Å². The van der Waals surface area contributed by atoms with E-state index in [0.29, 0.717) is 5.54 Å². The lowest BCUT2D eigenvalue weighted by Crippen LogP contribution is -3.24.